The fraction of sp³-hybridized carbons (Fsp3) is 0.333. The molecule has 21 heavy (non-hydrogen) atoms. The minimum absolute atomic E-state index is 0.210. The number of nitriles is 1. The van der Waals surface area contributed by atoms with Crippen molar-refractivity contribution in [3.8, 4) is 6.07 Å². The molecule has 0 radical (unpaired) electrons. The van der Waals surface area contributed by atoms with Crippen LogP contribution in [0.1, 0.15) is 24.2 Å². The van der Waals surface area contributed by atoms with Crippen molar-refractivity contribution >= 4 is 27.6 Å². The van der Waals surface area contributed by atoms with Crippen molar-refractivity contribution in [3.05, 3.63) is 28.5 Å². The first-order chi connectivity index (χ1) is 9.50. The summed E-state index contributed by atoms with van der Waals surface area (Å²) in [5.74, 6) is -2.70. The number of rotatable bonds is 5. The number of nitrogens with one attached hydrogen (secondary N) is 1. The number of hydrogen-bond acceptors (Lipinski definition) is 4. The fourth-order valence-electron chi connectivity index (χ4n) is 1.27. The highest BCUT2D eigenvalue weighted by molar-refractivity contribution is 7.89. The molecular weight excluding hydrogens is 323 g/mol. The van der Waals surface area contributed by atoms with Gasteiger partial charge < -0.3 is 5.11 Å². The smallest absolute Gasteiger partial charge is 0.337 e. The van der Waals surface area contributed by atoms with Crippen molar-refractivity contribution in [2.75, 3.05) is 6.54 Å². The molecule has 1 aromatic carbocycles. The van der Waals surface area contributed by atoms with E-state index in [0.29, 0.717) is 6.07 Å². The summed E-state index contributed by atoms with van der Waals surface area (Å²) in [6.45, 7) is 2.82. The van der Waals surface area contributed by atoms with Gasteiger partial charge in [-0.2, -0.15) is 5.26 Å². The predicted molar refractivity (Wildman–Crippen MR) is 73.0 cm³/mol. The number of carboxylic acid groups (broad SMARTS) is 1. The molecule has 0 unspecified atom stereocenters. The third kappa shape index (κ3) is 4.14. The van der Waals surface area contributed by atoms with Crippen LogP contribution in [0.15, 0.2) is 17.0 Å². The molecule has 2 N–H and O–H groups in total. The molecule has 9 heteroatoms. The van der Waals surface area contributed by atoms with Gasteiger partial charge in [0.2, 0.25) is 10.0 Å². The van der Waals surface area contributed by atoms with E-state index >= 15 is 0 Å². The van der Waals surface area contributed by atoms with Crippen molar-refractivity contribution < 1.29 is 22.7 Å². The summed E-state index contributed by atoms with van der Waals surface area (Å²) in [6.07, 6.45) is 0. The van der Waals surface area contributed by atoms with Crippen LogP contribution in [0.3, 0.4) is 0 Å². The molecule has 0 aliphatic carbocycles. The molecule has 0 heterocycles. The van der Waals surface area contributed by atoms with Crippen LogP contribution in [-0.4, -0.2) is 26.0 Å². The summed E-state index contributed by atoms with van der Waals surface area (Å²) >= 11 is 5.47. The minimum Gasteiger partial charge on any atom is -0.478 e. The Morgan fingerprint density at radius 3 is 2.57 bits per heavy atom. The molecule has 0 aliphatic rings. The van der Waals surface area contributed by atoms with Gasteiger partial charge in [0.15, 0.2) is 0 Å². The van der Waals surface area contributed by atoms with E-state index in [0.717, 1.165) is 6.07 Å². The number of carboxylic acids is 1. The van der Waals surface area contributed by atoms with E-state index in [2.05, 4.69) is 4.72 Å². The Morgan fingerprint density at radius 1 is 1.52 bits per heavy atom. The molecule has 0 bridgehead atoms. The Labute approximate surface area is 126 Å². The van der Waals surface area contributed by atoms with Crippen LogP contribution in [0, 0.1) is 22.6 Å². The number of benzene rings is 1. The first-order valence-corrected chi connectivity index (χ1v) is 7.49. The SMILES string of the molecule is CC(C)(C#N)CNS(=O)(=O)c1cc(F)c(Cl)c(C(=O)O)c1. The van der Waals surface area contributed by atoms with Crippen LogP contribution in [0.2, 0.25) is 5.02 Å². The molecule has 6 nitrogen and oxygen atoms in total. The molecule has 0 atom stereocenters. The molecule has 0 spiro atoms. The Hall–Kier alpha value is -1.69. The average Bonchev–Trinajstić information content (AvgIpc) is 2.39. The standard InChI is InChI=1S/C12H12ClFN2O4S/c1-12(2,5-15)6-16-21(19,20)7-3-8(11(17)18)10(13)9(14)4-7/h3-4,16H,6H2,1-2H3,(H,17,18). The van der Waals surface area contributed by atoms with Crippen molar-refractivity contribution in [1.82, 2.24) is 4.72 Å². The molecule has 0 aromatic heterocycles. The van der Waals surface area contributed by atoms with Crippen LogP contribution in [0.4, 0.5) is 4.39 Å². The van der Waals surface area contributed by atoms with E-state index in [1.165, 1.54) is 13.8 Å². The van der Waals surface area contributed by atoms with Gasteiger partial charge in [0.1, 0.15) is 5.82 Å². The first-order valence-electron chi connectivity index (χ1n) is 5.63. The van der Waals surface area contributed by atoms with Gasteiger partial charge in [-0.15, -0.1) is 0 Å². The second-order valence-corrected chi connectivity index (χ2v) is 7.04. The minimum atomic E-state index is -4.16. The summed E-state index contributed by atoms with van der Waals surface area (Å²) in [7, 11) is -4.16. The quantitative estimate of drug-likeness (QED) is 0.856. The second-order valence-electron chi connectivity index (χ2n) is 4.89. The van der Waals surface area contributed by atoms with Gasteiger partial charge in [-0.25, -0.2) is 22.3 Å². The van der Waals surface area contributed by atoms with Crippen molar-refractivity contribution in [1.29, 1.82) is 5.26 Å². The summed E-state index contributed by atoms with van der Waals surface area (Å²) in [4.78, 5) is 10.3. The fourth-order valence-corrected chi connectivity index (χ4v) is 2.71. The number of nitrogens with zero attached hydrogens (tertiary/aromatic N) is 1. The zero-order chi connectivity index (χ0) is 16.4. The first kappa shape index (κ1) is 17.4. The summed E-state index contributed by atoms with van der Waals surface area (Å²) in [5, 5.41) is 17.0. The topological polar surface area (TPSA) is 107 Å². The van der Waals surface area contributed by atoms with Gasteiger partial charge in [0, 0.05) is 6.54 Å². The Bertz CT molecular complexity index is 726. The lowest BCUT2D eigenvalue weighted by molar-refractivity contribution is 0.0696. The zero-order valence-electron chi connectivity index (χ0n) is 11.1. The van der Waals surface area contributed by atoms with Crippen LogP contribution in [0.25, 0.3) is 0 Å². The van der Waals surface area contributed by atoms with E-state index in [9.17, 15) is 17.6 Å². The van der Waals surface area contributed by atoms with Crippen LogP contribution >= 0.6 is 11.6 Å². The highest BCUT2D eigenvalue weighted by Gasteiger charge is 2.25. The summed E-state index contributed by atoms with van der Waals surface area (Å²) in [6, 6.07) is 3.28. The molecule has 0 amide bonds. The zero-order valence-corrected chi connectivity index (χ0v) is 12.7. The molecule has 1 rings (SSSR count). The molecule has 114 valence electrons. The molecular formula is C12H12ClFN2O4S. The number of carbonyl (C=O) groups is 1. The van der Waals surface area contributed by atoms with Crippen LogP contribution < -0.4 is 4.72 Å². The van der Waals surface area contributed by atoms with E-state index in [1.807, 2.05) is 6.07 Å². The van der Waals surface area contributed by atoms with Gasteiger partial charge >= 0.3 is 5.97 Å². The van der Waals surface area contributed by atoms with Crippen LogP contribution in [-0.2, 0) is 10.0 Å². The highest BCUT2D eigenvalue weighted by atomic mass is 35.5. The maximum atomic E-state index is 13.5. The number of hydrogen-bond donors (Lipinski definition) is 2. The summed E-state index contributed by atoms with van der Waals surface area (Å²) < 4.78 is 39.7. The lowest BCUT2D eigenvalue weighted by atomic mass is 9.97. The Kier molecular flexibility index (Phi) is 4.94. The number of sulfonamides is 1. The van der Waals surface area contributed by atoms with Gasteiger partial charge in [0.25, 0.3) is 0 Å². The number of aromatic carboxylic acids is 1. The Morgan fingerprint density at radius 2 is 2.10 bits per heavy atom. The van der Waals surface area contributed by atoms with E-state index in [4.69, 9.17) is 22.0 Å². The van der Waals surface area contributed by atoms with Gasteiger partial charge in [0.05, 0.1) is 27.0 Å². The third-order valence-corrected chi connectivity index (χ3v) is 4.31. The van der Waals surface area contributed by atoms with E-state index in [-0.39, 0.29) is 6.54 Å². The summed E-state index contributed by atoms with van der Waals surface area (Å²) in [5.41, 5.74) is -1.62. The molecule has 0 fully saturated rings. The van der Waals surface area contributed by atoms with Gasteiger partial charge in [-0.3, -0.25) is 0 Å². The highest BCUT2D eigenvalue weighted by Crippen LogP contribution is 2.25. The van der Waals surface area contributed by atoms with Gasteiger partial charge in [-0.05, 0) is 26.0 Å². The monoisotopic (exact) mass is 334 g/mol. The molecule has 1 aromatic rings. The lowest BCUT2D eigenvalue weighted by Crippen LogP contribution is -2.33. The maximum Gasteiger partial charge on any atom is 0.337 e. The number of halogens is 2. The maximum absolute atomic E-state index is 13.5. The normalized spacial score (nSPS) is 12.0. The second kappa shape index (κ2) is 5.97. The van der Waals surface area contributed by atoms with Crippen molar-refractivity contribution in [2.45, 2.75) is 18.7 Å². The lowest BCUT2D eigenvalue weighted by Gasteiger charge is -2.16. The average molecular weight is 335 g/mol. The molecule has 0 saturated carbocycles. The molecule has 0 saturated heterocycles. The predicted octanol–water partition coefficient (Wildman–Crippen LogP) is 2.01. The van der Waals surface area contributed by atoms with Crippen molar-refractivity contribution in [3.63, 3.8) is 0 Å². The third-order valence-electron chi connectivity index (χ3n) is 2.55. The van der Waals surface area contributed by atoms with E-state index in [1.54, 1.807) is 0 Å². The van der Waals surface area contributed by atoms with E-state index < -0.39 is 42.7 Å². The largest absolute Gasteiger partial charge is 0.478 e. The van der Waals surface area contributed by atoms with Gasteiger partial charge in [-0.1, -0.05) is 11.6 Å². The Balaban J connectivity index is 3.22. The van der Waals surface area contributed by atoms with Crippen molar-refractivity contribution in [2.24, 2.45) is 5.41 Å². The van der Waals surface area contributed by atoms with Crippen LogP contribution in [0.5, 0.6) is 0 Å². The molecule has 0 aliphatic heterocycles.